The molecule has 1 aromatic rings. The van der Waals surface area contributed by atoms with Crippen LogP contribution < -0.4 is 4.74 Å². The summed E-state index contributed by atoms with van der Waals surface area (Å²) >= 11 is 6.35. The topological polar surface area (TPSA) is 65.1 Å². The third kappa shape index (κ3) is 6.31. The Hall–Kier alpha value is -1.95. The predicted octanol–water partition coefficient (Wildman–Crippen LogP) is 4.01. The van der Waals surface area contributed by atoms with Gasteiger partial charge in [0.1, 0.15) is 11.4 Å². The molecule has 0 atom stereocenters. The highest BCUT2D eigenvalue weighted by atomic mass is 35.5. The summed E-state index contributed by atoms with van der Waals surface area (Å²) in [6, 6.07) is 3.80. The smallest absolute Gasteiger partial charge is 0.410 e. The van der Waals surface area contributed by atoms with Crippen LogP contribution in [0.3, 0.4) is 0 Å². The molecule has 0 spiro atoms. The molecule has 1 amide bonds. The number of ether oxygens (including phenoxy) is 3. The van der Waals surface area contributed by atoms with Crippen LogP contribution in [0.1, 0.15) is 44.7 Å². The summed E-state index contributed by atoms with van der Waals surface area (Å²) in [4.78, 5) is 25.3. The van der Waals surface area contributed by atoms with Crippen LogP contribution >= 0.6 is 11.6 Å². The quantitative estimate of drug-likeness (QED) is 0.554. The van der Waals surface area contributed by atoms with Crippen LogP contribution in [-0.2, 0) is 27.1 Å². The van der Waals surface area contributed by atoms with Gasteiger partial charge in [-0.1, -0.05) is 17.7 Å². The zero-order valence-electron chi connectivity index (χ0n) is 16.5. The molecule has 2 rings (SSSR count). The fourth-order valence-electron chi connectivity index (χ4n) is 2.92. The number of amides is 1. The fraction of sp³-hybridized carbons (Fsp3) is 0.600. The number of nitrogens with zero attached hydrogens (tertiary/aromatic N) is 1. The van der Waals surface area contributed by atoms with E-state index in [9.17, 15) is 9.59 Å². The van der Waals surface area contributed by atoms with Gasteiger partial charge in [0.2, 0.25) is 0 Å². The molecule has 1 aliphatic rings. The number of carbonyl (C=O) groups is 2. The van der Waals surface area contributed by atoms with Crippen molar-refractivity contribution < 1.29 is 23.8 Å². The lowest BCUT2D eigenvalue weighted by atomic mass is 10.0. The number of methoxy groups -OCH3 is 1. The van der Waals surface area contributed by atoms with Gasteiger partial charge in [-0.3, -0.25) is 4.79 Å². The number of esters is 1. The van der Waals surface area contributed by atoms with Crippen LogP contribution in [0.5, 0.6) is 5.75 Å². The van der Waals surface area contributed by atoms with Crippen LogP contribution in [-0.4, -0.2) is 49.4 Å². The van der Waals surface area contributed by atoms with Crippen LogP contribution in [0, 0.1) is 0 Å². The first-order valence-electron chi connectivity index (χ1n) is 9.19. The Balaban J connectivity index is 2.04. The SMILES string of the molecule is COC(=O)CCCOc1c(Cl)ccc2c1CCN(C(=O)OC(C)(C)C)CC2. The molecule has 150 valence electrons. The molecule has 6 nitrogen and oxygen atoms in total. The Morgan fingerprint density at radius 2 is 1.89 bits per heavy atom. The van der Waals surface area contributed by atoms with Crippen molar-refractivity contribution in [3.63, 3.8) is 0 Å². The van der Waals surface area contributed by atoms with Gasteiger partial charge in [0.05, 0.1) is 18.7 Å². The molecule has 0 bridgehead atoms. The van der Waals surface area contributed by atoms with Crippen molar-refractivity contribution in [2.45, 2.75) is 52.1 Å². The number of hydrogen-bond acceptors (Lipinski definition) is 5. The van der Waals surface area contributed by atoms with Gasteiger partial charge in [-0.25, -0.2) is 4.79 Å². The predicted molar refractivity (Wildman–Crippen MR) is 103 cm³/mol. The van der Waals surface area contributed by atoms with E-state index in [-0.39, 0.29) is 12.1 Å². The molecule has 1 heterocycles. The molecule has 1 aliphatic heterocycles. The number of rotatable bonds is 5. The molecule has 0 saturated carbocycles. The molecule has 0 unspecified atom stereocenters. The second kappa shape index (κ2) is 9.31. The number of fused-ring (bicyclic) bond motifs is 1. The third-order valence-electron chi connectivity index (χ3n) is 4.24. The molecule has 0 N–H and O–H groups in total. The summed E-state index contributed by atoms with van der Waals surface area (Å²) in [5.41, 5.74) is 1.62. The van der Waals surface area contributed by atoms with Gasteiger partial charge < -0.3 is 19.1 Å². The van der Waals surface area contributed by atoms with E-state index >= 15 is 0 Å². The molecule has 7 heteroatoms. The lowest BCUT2D eigenvalue weighted by Crippen LogP contribution is -2.38. The minimum atomic E-state index is -0.520. The Morgan fingerprint density at radius 3 is 2.56 bits per heavy atom. The molecular weight excluding hydrogens is 370 g/mol. The normalized spacial score (nSPS) is 14.2. The maximum absolute atomic E-state index is 12.4. The van der Waals surface area contributed by atoms with Crippen LogP contribution in [0.15, 0.2) is 12.1 Å². The van der Waals surface area contributed by atoms with Crippen molar-refractivity contribution in [1.29, 1.82) is 0 Å². The minimum absolute atomic E-state index is 0.260. The average molecular weight is 398 g/mol. The second-order valence-electron chi connectivity index (χ2n) is 7.51. The summed E-state index contributed by atoms with van der Waals surface area (Å²) in [5.74, 6) is 0.384. The maximum atomic E-state index is 12.4. The Bertz CT molecular complexity index is 684. The Labute approximate surface area is 165 Å². The summed E-state index contributed by atoms with van der Waals surface area (Å²) in [5, 5.41) is 0.539. The number of hydrogen-bond donors (Lipinski definition) is 0. The van der Waals surface area contributed by atoms with E-state index in [4.69, 9.17) is 21.1 Å². The molecular formula is C20H28ClNO5. The first kappa shape index (κ1) is 21.4. The molecule has 1 aromatic carbocycles. The molecule has 0 aromatic heterocycles. The zero-order chi connectivity index (χ0) is 20.0. The van der Waals surface area contributed by atoms with Gasteiger partial charge in [-0.05, 0) is 51.7 Å². The first-order chi connectivity index (χ1) is 12.7. The van der Waals surface area contributed by atoms with Gasteiger partial charge in [0.25, 0.3) is 0 Å². The Morgan fingerprint density at radius 1 is 1.19 bits per heavy atom. The number of carbonyl (C=O) groups excluding carboxylic acids is 2. The van der Waals surface area contributed by atoms with Crippen LogP contribution in [0.4, 0.5) is 4.79 Å². The van der Waals surface area contributed by atoms with Crippen molar-refractivity contribution >= 4 is 23.7 Å². The zero-order valence-corrected chi connectivity index (χ0v) is 17.2. The van der Waals surface area contributed by atoms with Gasteiger partial charge in [0.15, 0.2) is 0 Å². The molecule has 0 saturated heterocycles. The van der Waals surface area contributed by atoms with Crippen molar-refractivity contribution in [3.8, 4) is 5.75 Å². The molecule has 27 heavy (non-hydrogen) atoms. The summed E-state index contributed by atoms with van der Waals surface area (Å²) < 4.78 is 16.0. The fourth-order valence-corrected chi connectivity index (χ4v) is 3.15. The van der Waals surface area contributed by atoms with E-state index < -0.39 is 5.60 Å². The number of benzene rings is 1. The summed E-state index contributed by atoms with van der Waals surface area (Å²) in [7, 11) is 1.37. The van der Waals surface area contributed by atoms with Crippen molar-refractivity contribution in [1.82, 2.24) is 4.90 Å². The van der Waals surface area contributed by atoms with Crippen LogP contribution in [0.25, 0.3) is 0 Å². The average Bonchev–Trinajstić information content (AvgIpc) is 2.81. The third-order valence-corrected chi connectivity index (χ3v) is 4.54. The van der Waals surface area contributed by atoms with Gasteiger partial charge in [-0.2, -0.15) is 0 Å². The van der Waals surface area contributed by atoms with Crippen LogP contribution in [0.2, 0.25) is 5.02 Å². The maximum Gasteiger partial charge on any atom is 0.410 e. The second-order valence-corrected chi connectivity index (χ2v) is 7.92. The minimum Gasteiger partial charge on any atom is -0.492 e. The Kier molecular flexibility index (Phi) is 7.36. The standard InChI is InChI=1S/C20H28ClNO5/c1-20(2,3)27-19(24)22-11-9-14-7-8-16(21)18(15(14)10-12-22)26-13-5-6-17(23)25-4/h7-8H,5-6,9-13H2,1-4H3. The highest BCUT2D eigenvalue weighted by Crippen LogP contribution is 2.34. The molecule has 0 fully saturated rings. The van der Waals surface area contributed by atoms with E-state index in [1.807, 2.05) is 32.9 Å². The monoisotopic (exact) mass is 397 g/mol. The van der Waals surface area contributed by atoms with Crippen molar-refractivity contribution in [2.24, 2.45) is 0 Å². The summed E-state index contributed by atoms with van der Waals surface area (Å²) in [6.07, 6.45) is 1.90. The van der Waals surface area contributed by atoms with Crippen molar-refractivity contribution in [2.75, 3.05) is 26.8 Å². The lowest BCUT2D eigenvalue weighted by Gasteiger charge is -2.26. The first-order valence-corrected chi connectivity index (χ1v) is 9.57. The van der Waals surface area contributed by atoms with Crippen molar-refractivity contribution in [3.05, 3.63) is 28.3 Å². The van der Waals surface area contributed by atoms with E-state index in [2.05, 4.69) is 4.74 Å². The highest BCUT2D eigenvalue weighted by Gasteiger charge is 2.26. The van der Waals surface area contributed by atoms with Gasteiger partial charge >= 0.3 is 12.1 Å². The highest BCUT2D eigenvalue weighted by molar-refractivity contribution is 6.32. The summed E-state index contributed by atoms with van der Waals surface area (Å²) in [6.45, 7) is 7.08. The van der Waals surface area contributed by atoms with Gasteiger partial charge in [0, 0.05) is 25.1 Å². The van der Waals surface area contributed by atoms with E-state index in [0.29, 0.717) is 56.2 Å². The van der Waals surface area contributed by atoms with Gasteiger partial charge in [-0.15, -0.1) is 0 Å². The molecule has 0 radical (unpaired) electrons. The van der Waals surface area contributed by atoms with E-state index in [1.54, 1.807) is 4.90 Å². The lowest BCUT2D eigenvalue weighted by molar-refractivity contribution is -0.140. The van der Waals surface area contributed by atoms with E-state index in [1.165, 1.54) is 7.11 Å². The van der Waals surface area contributed by atoms with E-state index in [0.717, 1.165) is 11.1 Å². The molecule has 0 aliphatic carbocycles. The largest absolute Gasteiger partial charge is 0.492 e. The number of halogens is 1.